The number of nitrogens with zero attached hydrogens (tertiary/aromatic N) is 1. The highest BCUT2D eigenvalue weighted by atomic mass is 16.5. The monoisotopic (exact) mass is 177 g/mol. The predicted octanol–water partition coefficient (Wildman–Crippen LogP) is 0.501. The lowest BCUT2D eigenvalue weighted by Crippen LogP contribution is -1.74. The molecule has 1 aliphatic heterocycles. The largest absolute Gasteiger partial charge is 0.412 e. The van der Waals surface area contributed by atoms with Crippen molar-refractivity contribution in [3.63, 3.8) is 0 Å². The van der Waals surface area contributed by atoms with Crippen LogP contribution < -0.4 is 0 Å². The zero-order chi connectivity index (χ0) is 8.95. The van der Waals surface area contributed by atoms with Gasteiger partial charge in [0.05, 0.1) is 6.07 Å². The highest BCUT2D eigenvalue weighted by Gasteiger charge is 1.94. The summed E-state index contributed by atoms with van der Waals surface area (Å²) < 4.78 is 4.94. The Morgan fingerprint density at radius 1 is 1.42 bits per heavy atom. The summed E-state index contributed by atoms with van der Waals surface area (Å²) in [5.74, 6) is 0. The maximum Gasteiger partial charge on any atom is 0.0587 e. The lowest BCUT2D eigenvalue weighted by atomic mass is 10.4. The molecule has 4 nitrogen and oxygen atoms in total. The van der Waals surface area contributed by atoms with Gasteiger partial charge in [0.25, 0.3) is 0 Å². The molecule has 0 atom stereocenters. The fourth-order valence-electron chi connectivity index (χ4n) is 0.510. The summed E-state index contributed by atoms with van der Waals surface area (Å²) in [6.07, 6.45) is 2.56. The molecule has 4 heteroatoms. The summed E-state index contributed by atoms with van der Waals surface area (Å²) in [4.78, 5) is 0. The number of aliphatic hydroxyl groups is 1. The molecule has 1 heterocycles. The molecule has 0 aromatic carbocycles. The van der Waals surface area contributed by atoms with Gasteiger partial charge in [-0.15, -0.1) is 0 Å². The van der Waals surface area contributed by atoms with E-state index in [1.807, 2.05) is 0 Å². The molecule has 1 fully saturated rings. The SMILES string of the molecule is C1CCOC1.CC#N.CCO.O. The number of ether oxygens (including phenoxy) is 1. The fraction of sp³-hybridized carbons (Fsp3) is 0.875. The molecule has 0 aromatic rings. The Bertz CT molecular complexity index is 79.2. The maximum atomic E-state index is 7.57. The van der Waals surface area contributed by atoms with Gasteiger partial charge < -0.3 is 15.3 Å². The minimum Gasteiger partial charge on any atom is -0.412 e. The second-order valence-electron chi connectivity index (χ2n) is 1.86. The highest BCUT2D eigenvalue weighted by molar-refractivity contribution is 4.51. The molecule has 1 aliphatic rings. The molecule has 1 rings (SSSR count). The Hall–Kier alpha value is -0.630. The van der Waals surface area contributed by atoms with Gasteiger partial charge in [-0.25, -0.2) is 0 Å². The van der Waals surface area contributed by atoms with E-state index < -0.39 is 0 Å². The second-order valence-corrected chi connectivity index (χ2v) is 1.86. The van der Waals surface area contributed by atoms with Crippen molar-refractivity contribution in [1.29, 1.82) is 5.26 Å². The molecule has 0 radical (unpaired) electrons. The lowest BCUT2D eigenvalue weighted by molar-refractivity contribution is 0.198. The Morgan fingerprint density at radius 3 is 1.75 bits per heavy atom. The van der Waals surface area contributed by atoms with Gasteiger partial charge in [-0.2, -0.15) is 5.26 Å². The standard InChI is InChI=1S/C4H8O.C2H3N.C2H6O.H2O/c1-2-4-5-3-1;2*1-2-3;/h1-4H2;1H3;3H,2H2,1H3;1H2. The van der Waals surface area contributed by atoms with E-state index in [1.54, 1.807) is 13.0 Å². The van der Waals surface area contributed by atoms with Crippen molar-refractivity contribution in [2.75, 3.05) is 19.8 Å². The van der Waals surface area contributed by atoms with Gasteiger partial charge in [0, 0.05) is 26.7 Å². The zero-order valence-corrected chi connectivity index (χ0v) is 7.84. The molecule has 0 spiro atoms. The summed E-state index contributed by atoms with van der Waals surface area (Å²) in [7, 11) is 0. The van der Waals surface area contributed by atoms with Gasteiger partial charge in [-0.05, 0) is 19.8 Å². The number of rotatable bonds is 0. The third kappa shape index (κ3) is 34.4. The van der Waals surface area contributed by atoms with Crippen LogP contribution >= 0.6 is 0 Å². The van der Waals surface area contributed by atoms with Crippen LogP contribution in [-0.2, 0) is 4.74 Å². The number of nitriles is 1. The van der Waals surface area contributed by atoms with E-state index in [9.17, 15) is 0 Å². The highest BCUT2D eigenvalue weighted by Crippen LogP contribution is 1.98. The van der Waals surface area contributed by atoms with Crippen molar-refractivity contribution < 1.29 is 15.3 Å². The molecule has 0 aromatic heterocycles. The lowest BCUT2D eigenvalue weighted by Gasteiger charge is -1.76. The molecule has 0 bridgehead atoms. The molecular weight excluding hydrogens is 158 g/mol. The van der Waals surface area contributed by atoms with E-state index in [2.05, 4.69) is 0 Å². The number of hydrogen-bond donors (Lipinski definition) is 1. The van der Waals surface area contributed by atoms with Crippen LogP contribution in [0.1, 0.15) is 26.7 Å². The number of aliphatic hydroxyl groups excluding tert-OH is 1. The first-order valence-electron chi connectivity index (χ1n) is 3.82. The van der Waals surface area contributed by atoms with E-state index >= 15 is 0 Å². The molecule has 0 amide bonds. The quantitative estimate of drug-likeness (QED) is 0.584. The van der Waals surface area contributed by atoms with Crippen molar-refractivity contribution in [1.82, 2.24) is 0 Å². The van der Waals surface area contributed by atoms with Crippen LogP contribution in [0.25, 0.3) is 0 Å². The van der Waals surface area contributed by atoms with Crippen molar-refractivity contribution in [3.05, 3.63) is 0 Å². The van der Waals surface area contributed by atoms with Gasteiger partial charge >= 0.3 is 0 Å². The van der Waals surface area contributed by atoms with E-state index in [0.29, 0.717) is 0 Å². The van der Waals surface area contributed by atoms with Crippen LogP contribution in [0, 0.1) is 11.3 Å². The minimum absolute atomic E-state index is 0. The van der Waals surface area contributed by atoms with Crippen LogP contribution in [0.4, 0.5) is 0 Å². The van der Waals surface area contributed by atoms with Gasteiger partial charge in [0.1, 0.15) is 0 Å². The number of hydrogen-bond acceptors (Lipinski definition) is 3. The molecule has 3 N–H and O–H groups in total. The molecule has 0 saturated carbocycles. The predicted molar refractivity (Wildman–Crippen MR) is 47.7 cm³/mol. The molecular formula is C8H19NO3. The van der Waals surface area contributed by atoms with Crippen molar-refractivity contribution >= 4 is 0 Å². The van der Waals surface area contributed by atoms with Gasteiger partial charge in [0.2, 0.25) is 0 Å². The van der Waals surface area contributed by atoms with Gasteiger partial charge in [-0.3, -0.25) is 0 Å². The average Bonchev–Trinajstić information content (AvgIpc) is 2.44. The van der Waals surface area contributed by atoms with Crippen molar-refractivity contribution in [2.45, 2.75) is 26.7 Å². The summed E-state index contributed by atoms with van der Waals surface area (Å²) in [6, 6.07) is 1.75. The van der Waals surface area contributed by atoms with Crippen LogP contribution in [0.15, 0.2) is 0 Å². The third-order valence-corrected chi connectivity index (χ3v) is 0.827. The zero-order valence-electron chi connectivity index (χ0n) is 7.84. The average molecular weight is 177 g/mol. The second kappa shape index (κ2) is 22.4. The molecule has 74 valence electrons. The van der Waals surface area contributed by atoms with E-state index in [-0.39, 0.29) is 12.1 Å². The minimum atomic E-state index is 0. The first kappa shape index (κ1) is 17.5. The van der Waals surface area contributed by atoms with Crippen LogP contribution in [0.3, 0.4) is 0 Å². The Morgan fingerprint density at radius 2 is 1.67 bits per heavy atom. The van der Waals surface area contributed by atoms with E-state index in [1.165, 1.54) is 19.8 Å². The molecule has 12 heavy (non-hydrogen) atoms. The molecule has 0 aliphatic carbocycles. The van der Waals surface area contributed by atoms with Crippen molar-refractivity contribution in [2.24, 2.45) is 0 Å². The first-order chi connectivity index (χ1) is 5.33. The summed E-state index contributed by atoms with van der Waals surface area (Å²) in [5, 5.41) is 14.9. The van der Waals surface area contributed by atoms with Gasteiger partial charge in [0.15, 0.2) is 0 Å². The molecule has 1 saturated heterocycles. The Balaban J connectivity index is -0.000000104. The van der Waals surface area contributed by atoms with E-state index in [0.717, 1.165) is 13.2 Å². The Labute approximate surface area is 74.1 Å². The van der Waals surface area contributed by atoms with Gasteiger partial charge in [-0.1, -0.05) is 0 Å². The fourth-order valence-corrected chi connectivity index (χ4v) is 0.510. The van der Waals surface area contributed by atoms with Crippen LogP contribution in [0.5, 0.6) is 0 Å². The van der Waals surface area contributed by atoms with Crippen LogP contribution in [-0.4, -0.2) is 30.4 Å². The third-order valence-electron chi connectivity index (χ3n) is 0.827. The first-order valence-corrected chi connectivity index (χ1v) is 3.82. The summed E-state index contributed by atoms with van der Waals surface area (Å²) >= 11 is 0. The smallest absolute Gasteiger partial charge is 0.0587 e. The van der Waals surface area contributed by atoms with Crippen LogP contribution in [0.2, 0.25) is 0 Å². The molecule has 0 unspecified atom stereocenters. The normalized spacial score (nSPS) is 12.2. The topological polar surface area (TPSA) is 84.8 Å². The summed E-state index contributed by atoms with van der Waals surface area (Å²) in [5.41, 5.74) is 0. The van der Waals surface area contributed by atoms with E-state index in [4.69, 9.17) is 15.1 Å². The van der Waals surface area contributed by atoms with Crippen molar-refractivity contribution in [3.8, 4) is 6.07 Å². The maximum absolute atomic E-state index is 7.57. The summed E-state index contributed by atoms with van der Waals surface area (Å²) in [6.45, 7) is 5.36. The Kier molecular flexibility index (Phi) is 32.6.